The number of carbonyl (C=O) groups excluding carboxylic acids is 1. The summed E-state index contributed by atoms with van der Waals surface area (Å²) >= 11 is 12.2. The molecule has 1 atom stereocenters. The van der Waals surface area contributed by atoms with Crippen LogP contribution in [0.4, 0.5) is 0 Å². The first kappa shape index (κ1) is 19.2. The summed E-state index contributed by atoms with van der Waals surface area (Å²) in [5.74, 6) is 0.229. The molecule has 0 unspecified atom stereocenters. The summed E-state index contributed by atoms with van der Waals surface area (Å²) in [7, 11) is 1.64. The summed E-state index contributed by atoms with van der Waals surface area (Å²) in [6.45, 7) is 0. The number of methoxy groups -OCH3 is 1. The molecule has 0 aromatic heterocycles. The third kappa shape index (κ3) is 3.19. The number of alkyl halides is 2. The predicted molar refractivity (Wildman–Crippen MR) is 122 cm³/mol. The van der Waals surface area contributed by atoms with Crippen molar-refractivity contribution in [3.05, 3.63) is 72.8 Å². The van der Waals surface area contributed by atoms with E-state index < -0.39 is 16.2 Å². The summed E-state index contributed by atoms with van der Waals surface area (Å²) in [5, 5.41) is 4.09. The van der Waals surface area contributed by atoms with Gasteiger partial charge in [-0.2, -0.15) is 0 Å². The fraction of sp³-hybridized carbons (Fsp3) is 0.160. The fourth-order valence-electron chi connectivity index (χ4n) is 3.92. The lowest BCUT2D eigenvalue weighted by Gasteiger charge is -2.18. The molecule has 4 aromatic carbocycles. The molecule has 1 fully saturated rings. The number of carbonyl (C=O) groups is 1. The van der Waals surface area contributed by atoms with Crippen molar-refractivity contribution in [3.63, 3.8) is 0 Å². The van der Waals surface area contributed by atoms with Gasteiger partial charge in [-0.05, 0) is 40.1 Å². The maximum Gasteiger partial charge on any atom is 0.317 e. The van der Waals surface area contributed by atoms with Crippen molar-refractivity contribution in [2.45, 2.75) is 10.8 Å². The minimum absolute atomic E-state index is 0.398. The van der Waals surface area contributed by atoms with E-state index in [0.717, 1.165) is 32.7 Å². The lowest BCUT2D eigenvalue weighted by molar-refractivity contribution is -0.135. The maximum atomic E-state index is 12.7. The Kier molecular flexibility index (Phi) is 4.61. The average Bonchev–Trinajstić information content (AvgIpc) is 3.41. The zero-order chi connectivity index (χ0) is 20.9. The van der Waals surface area contributed by atoms with Crippen LogP contribution in [0.5, 0.6) is 11.5 Å². The van der Waals surface area contributed by atoms with Crippen molar-refractivity contribution < 1.29 is 14.3 Å². The second-order valence-electron chi connectivity index (χ2n) is 7.46. The molecule has 1 saturated carbocycles. The Labute approximate surface area is 184 Å². The van der Waals surface area contributed by atoms with Crippen molar-refractivity contribution in [1.82, 2.24) is 0 Å². The second kappa shape index (κ2) is 7.19. The minimum Gasteiger partial charge on any atom is -0.496 e. The van der Waals surface area contributed by atoms with Gasteiger partial charge in [-0.1, -0.05) is 60.7 Å². The molecular weight excluding hydrogens is 419 g/mol. The first-order valence-corrected chi connectivity index (χ1v) is 10.4. The van der Waals surface area contributed by atoms with Crippen molar-refractivity contribution in [2.75, 3.05) is 7.11 Å². The normalized spacial score (nSPS) is 17.1. The lowest BCUT2D eigenvalue weighted by atomic mass is 9.92. The Hall–Kier alpha value is -2.75. The van der Waals surface area contributed by atoms with Gasteiger partial charge < -0.3 is 9.47 Å². The van der Waals surface area contributed by atoms with Crippen LogP contribution in [0.15, 0.2) is 72.8 Å². The first-order chi connectivity index (χ1) is 14.5. The molecule has 0 aliphatic heterocycles. The second-order valence-corrected chi connectivity index (χ2v) is 9.01. The molecule has 5 rings (SSSR count). The number of hydrogen-bond donors (Lipinski definition) is 0. The zero-order valence-electron chi connectivity index (χ0n) is 16.2. The molecule has 0 spiro atoms. The van der Waals surface area contributed by atoms with Gasteiger partial charge in [0.05, 0.1) is 13.0 Å². The van der Waals surface area contributed by atoms with E-state index in [1.54, 1.807) is 7.11 Å². The van der Waals surface area contributed by atoms with Crippen LogP contribution in [0.1, 0.15) is 6.42 Å². The molecule has 5 heteroatoms. The van der Waals surface area contributed by atoms with E-state index in [9.17, 15) is 4.79 Å². The molecule has 0 bridgehead atoms. The molecule has 0 saturated heterocycles. The van der Waals surface area contributed by atoms with Crippen LogP contribution >= 0.6 is 23.2 Å². The molecule has 0 N–H and O–H groups in total. The molecule has 150 valence electrons. The summed E-state index contributed by atoms with van der Waals surface area (Å²) < 4.78 is 10.5. The Balaban J connectivity index is 1.78. The third-order valence-electron chi connectivity index (χ3n) is 5.57. The van der Waals surface area contributed by atoms with Crippen LogP contribution in [0, 0.1) is 5.92 Å². The number of ether oxygens (including phenoxy) is 2. The molecule has 30 heavy (non-hydrogen) atoms. The highest BCUT2D eigenvalue weighted by Crippen LogP contribution is 2.54. The number of halogens is 2. The minimum atomic E-state index is -1.04. The van der Waals surface area contributed by atoms with Gasteiger partial charge >= 0.3 is 5.97 Å². The van der Waals surface area contributed by atoms with Crippen LogP contribution in [-0.4, -0.2) is 17.4 Å². The SMILES string of the molecule is COc1ccc2ccccc2c1-c1c(OC(=O)[C@@H]2CC2(Cl)Cl)ccc2ccccc12. The number of benzene rings is 4. The van der Waals surface area contributed by atoms with Gasteiger partial charge in [-0.25, -0.2) is 0 Å². The van der Waals surface area contributed by atoms with E-state index in [1.165, 1.54) is 0 Å². The van der Waals surface area contributed by atoms with Crippen LogP contribution in [-0.2, 0) is 4.79 Å². The highest BCUT2D eigenvalue weighted by molar-refractivity contribution is 6.52. The maximum absolute atomic E-state index is 12.7. The summed E-state index contributed by atoms with van der Waals surface area (Å²) in [5.41, 5.74) is 1.69. The van der Waals surface area contributed by atoms with Crippen LogP contribution < -0.4 is 9.47 Å². The van der Waals surface area contributed by atoms with Gasteiger partial charge in [-0.3, -0.25) is 4.79 Å². The van der Waals surface area contributed by atoms with Crippen LogP contribution in [0.25, 0.3) is 32.7 Å². The zero-order valence-corrected chi connectivity index (χ0v) is 17.7. The predicted octanol–water partition coefficient (Wildman–Crippen LogP) is 6.77. The van der Waals surface area contributed by atoms with Crippen molar-refractivity contribution >= 4 is 50.7 Å². The topological polar surface area (TPSA) is 35.5 Å². The lowest BCUT2D eigenvalue weighted by Crippen LogP contribution is -2.14. The largest absolute Gasteiger partial charge is 0.496 e. The van der Waals surface area contributed by atoms with Crippen molar-refractivity contribution in [1.29, 1.82) is 0 Å². The number of hydrogen-bond acceptors (Lipinski definition) is 3. The van der Waals surface area contributed by atoms with Gasteiger partial charge in [0.1, 0.15) is 15.8 Å². The van der Waals surface area contributed by atoms with Gasteiger partial charge in [-0.15, -0.1) is 23.2 Å². The van der Waals surface area contributed by atoms with E-state index in [4.69, 9.17) is 32.7 Å². The quantitative estimate of drug-likeness (QED) is 0.201. The number of esters is 1. The average molecular weight is 437 g/mol. The van der Waals surface area contributed by atoms with E-state index >= 15 is 0 Å². The van der Waals surface area contributed by atoms with Crippen LogP contribution in [0.3, 0.4) is 0 Å². The summed E-state index contributed by atoms with van der Waals surface area (Å²) in [6.07, 6.45) is 0.398. The Bertz CT molecular complexity index is 1300. The Morgan fingerprint density at radius 2 is 1.33 bits per heavy atom. The summed E-state index contributed by atoms with van der Waals surface area (Å²) in [4.78, 5) is 12.7. The molecular formula is C25H18Cl2O3. The number of rotatable bonds is 4. The van der Waals surface area contributed by atoms with Gasteiger partial charge in [0.2, 0.25) is 0 Å². The summed E-state index contributed by atoms with van der Waals surface area (Å²) in [6, 6.07) is 23.8. The van der Waals surface area contributed by atoms with Crippen molar-refractivity contribution in [3.8, 4) is 22.6 Å². The highest BCUT2D eigenvalue weighted by atomic mass is 35.5. The Morgan fingerprint density at radius 3 is 1.87 bits per heavy atom. The number of fused-ring (bicyclic) bond motifs is 2. The third-order valence-corrected chi connectivity index (χ3v) is 6.41. The molecule has 1 aliphatic carbocycles. The van der Waals surface area contributed by atoms with Gasteiger partial charge in [0.25, 0.3) is 0 Å². The molecule has 0 heterocycles. The monoisotopic (exact) mass is 436 g/mol. The van der Waals surface area contributed by atoms with E-state index in [0.29, 0.717) is 17.9 Å². The van der Waals surface area contributed by atoms with E-state index in [2.05, 4.69) is 6.07 Å². The van der Waals surface area contributed by atoms with Gasteiger partial charge in [0.15, 0.2) is 0 Å². The standard InChI is InChI=1S/C25H18Cl2O3/c1-29-20-12-10-15-6-2-4-8-17(15)22(20)23-18-9-5-3-7-16(18)11-13-21(23)30-24(28)19-14-25(19,26)27/h2-13,19H,14H2,1H3/t19-/m0/s1. The highest BCUT2D eigenvalue weighted by Gasteiger charge is 2.57. The molecule has 4 aromatic rings. The molecule has 3 nitrogen and oxygen atoms in total. The van der Waals surface area contributed by atoms with Gasteiger partial charge in [0, 0.05) is 11.1 Å². The molecule has 0 amide bonds. The molecule has 0 radical (unpaired) electrons. The first-order valence-electron chi connectivity index (χ1n) is 9.67. The van der Waals surface area contributed by atoms with Crippen molar-refractivity contribution in [2.24, 2.45) is 5.92 Å². The van der Waals surface area contributed by atoms with Crippen LogP contribution in [0.2, 0.25) is 0 Å². The van der Waals surface area contributed by atoms with E-state index in [-0.39, 0.29) is 0 Å². The molecule has 1 aliphatic rings. The Morgan fingerprint density at radius 1 is 0.833 bits per heavy atom. The van der Waals surface area contributed by atoms with E-state index in [1.807, 2.05) is 66.7 Å². The smallest absolute Gasteiger partial charge is 0.317 e. The fourth-order valence-corrected chi connectivity index (χ4v) is 4.41.